The van der Waals surface area contributed by atoms with Crippen molar-refractivity contribution in [2.45, 2.75) is 101 Å². The van der Waals surface area contributed by atoms with Crippen molar-refractivity contribution >= 4 is 86.6 Å². The summed E-state index contributed by atoms with van der Waals surface area (Å²) in [5.41, 5.74) is 5.30. The predicted octanol–water partition coefficient (Wildman–Crippen LogP) is 10.7. The molecule has 0 aromatic heterocycles. The van der Waals surface area contributed by atoms with Gasteiger partial charge in [0.1, 0.15) is 28.2 Å². The third-order valence-corrected chi connectivity index (χ3v) is 10.8. The Balaban J connectivity index is 1.52. The van der Waals surface area contributed by atoms with Crippen molar-refractivity contribution in [1.29, 1.82) is 0 Å². The van der Waals surface area contributed by atoms with E-state index in [1.54, 1.807) is 24.3 Å². The Morgan fingerprint density at radius 2 is 1.55 bits per heavy atom. The molecule has 14 heteroatoms. The number of carbonyl (C=O) groups is 1. The van der Waals surface area contributed by atoms with Gasteiger partial charge in [-0.05, 0) is 55.4 Å². The van der Waals surface area contributed by atoms with E-state index < -0.39 is 22.4 Å². The minimum absolute atomic E-state index is 0.179. The maximum Gasteiger partial charge on any atom is 0.267 e. The minimum atomic E-state index is -2.32. The van der Waals surface area contributed by atoms with E-state index in [9.17, 15) is 13.6 Å². The second kappa shape index (κ2) is 21.9. The van der Waals surface area contributed by atoms with Gasteiger partial charge in [0, 0.05) is 16.5 Å². The Hall–Kier alpha value is -2.51. The molecule has 0 aliphatic carbocycles. The molecule has 3 aromatic rings. The van der Waals surface area contributed by atoms with Crippen molar-refractivity contribution in [1.82, 2.24) is 10.7 Å². The minimum Gasteiger partial charge on any atom is -0.491 e. The van der Waals surface area contributed by atoms with Crippen LogP contribution in [0.15, 0.2) is 64.5 Å². The van der Waals surface area contributed by atoms with E-state index in [-0.39, 0.29) is 15.7 Å². The van der Waals surface area contributed by atoms with Crippen LogP contribution in [-0.4, -0.2) is 39.4 Å². The molecule has 1 heterocycles. The molecule has 0 bridgehead atoms. The zero-order valence-corrected chi connectivity index (χ0v) is 33.1. The molecule has 2 atom stereocenters. The number of thioether (sulfide) groups is 1. The van der Waals surface area contributed by atoms with Crippen LogP contribution in [0, 0.1) is 0 Å². The van der Waals surface area contributed by atoms with Gasteiger partial charge in [0.15, 0.2) is 0 Å². The molecule has 1 fully saturated rings. The molecule has 2 unspecified atom stereocenters. The number of para-hydroxylation sites is 1. The van der Waals surface area contributed by atoms with E-state index in [1.165, 1.54) is 93.1 Å². The summed E-state index contributed by atoms with van der Waals surface area (Å²) < 4.78 is 30.0. The number of nitrogens with one attached hydrogen (secondary N) is 3. The molecule has 0 saturated carbocycles. The maximum absolute atomic E-state index is 14.1. The highest BCUT2D eigenvalue weighted by molar-refractivity contribution is 8.01. The van der Waals surface area contributed by atoms with Crippen LogP contribution in [0.25, 0.3) is 0 Å². The first-order valence-corrected chi connectivity index (χ1v) is 20.7. The topological polar surface area (TPSA) is 115 Å². The Labute approximate surface area is 324 Å². The number of amidine groups is 1. The first-order valence-electron chi connectivity index (χ1n) is 17.6. The zero-order chi connectivity index (χ0) is 36.6. The molecule has 278 valence electrons. The summed E-state index contributed by atoms with van der Waals surface area (Å²) in [6.07, 6.45) is 15.1. The van der Waals surface area contributed by atoms with Crippen LogP contribution in [-0.2, 0) is 22.6 Å². The second-order valence-electron chi connectivity index (χ2n) is 12.4. The van der Waals surface area contributed by atoms with Crippen molar-refractivity contribution in [3.63, 3.8) is 0 Å². The van der Waals surface area contributed by atoms with E-state index in [0.29, 0.717) is 46.0 Å². The zero-order valence-electron chi connectivity index (χ0n) is 29.2. The Kier molecular flexibility index (Phi) is 17.7. The number of aliphatic imine (C=N–C) groups is 1. The molecule has 1 aliphatic heterocycles. The lowest BCUT2D eigenvalue weighted by Crippen LogP contribution is -2.36. The lowest BCUT2D eigenvalue weighted by molar-refractivity contribution is -0.116. The van der Waals surface area contributed by atoms with Crippen molar-refractivity contribution in [3.05, 3.63) is 75.2 Å². The fraction of sp³-hybridized carbons (Fsp3) is 0.459. The summed E-state index contributed by atoms with van der Waals surface area (Å²) >= 11 is 18.1. The third-order valence-electron chi connectivity index (χ3n) is 8.35. The van der Waals surface area contributed by atoms with Crippen molar-refractivity contribution in [2.24, 2.45) is 4.99 Å². The number of unbranched alkanes of at least 4 members (excludes halogenated alkanes) is 11. The maximum atomic E-state index is 14.1. The molecule has 3 aromatic carbocycles. The lowest BCUT2D eigenvalue weighted by Gasteiger charge is -2.19. The number of ether oxygens (including phenoxy) is 1. The molecule has 0 radical (unpaired) electrons. The highest BCUT2D eigenvalue weighted by Gasteiger charge is 2.41. The number of anilines is 2. The largest absolute Gasteiger partial charge is 0.491 e. The Morgan fingerprint density at radius 3 is 2.18 bits per heavy atom. The number of rotatable bonds is 22. The van der Waals surface area contributed by atoms with Gasteiger partial charge in [-0.15, -0.1) is 11.8 Å². The highest BCUT2D eigenvalue weighted by Crippen LogP contribution is 2.41. The fourth-order valence-corrected chi connectivity index (χ4v) is 8.28. The molecule has 1 saturated heterocycles. The molecule has 1 aliphatic rings. The van der Waals surface area contributed by atoms with Gasteiger partial charge >= 0.3 is 0 Å². The molecular weight excluding hydrogens is 749 g/mol. The standard InChI is InChI=1S/C37H48Cl3N5O4S2/c1-3-4-5-6-7-8-9-10-11-12-13-16-21-49-32-20-19-26(25-41-2)22-31(32)42-36-35(50-33-18-15-14-17-30(33)44-51(47)48)37(46)45(43-36)34-28(39)23-27(38)24-29(34)40/h14-15,17-20,22-24,35,41,44H,3-13,16,21,25H2,1-2H3,(H,42,43)(H,47,48). The van der Waals surface area contributed by atoms with Crippen molar-refractivity contribution < 1.29 is 18.3 Å². The Bertz CT molecular complexity index is 1620. The second-order valence-corrected chi connectivity index (χ2v) is 15.5. The predicted molar refractivity (Wildman–Crippen MR) is 215 cm³/mol. The average Bonchev–Trinajstić information content (AvgIpc) is 3.37. The van der Waals surface area contributed by atoms with Gasteiger partial charge in [-0.2, -0.15) is 0 Å². The number of halogens is 3. The number of hydrogen-bond donors (Lipinski definition) is 4. The molecule has 4 rings (SSSR count). The van der Waals surface area contributed by atoms with Crippen LogP contribution < -0.4 is 25.2 Å². The smallest absolute Gasteiger partial charge is 0.267 e. The SMILES string of the molecule is CCCCCCCCCCCCCCOc1ccc(CNC)cc1N=C1NN(c2c(Cl)cc(Cl)cc2Cl)C(=O)C1Sc1ccccc1NS(=O)O. The number of carbonyl (C=O) groups excluding carboxylic acids is 1. The molecule has 0 spiro atoms. The van der Waals surface area contributed by atoms with E-state index in [2.05, 4.69) is 22.4 Å². The number of hydrogen-bond acceptors (Lipinski definition) is 6. The van der Waals surface area contributed by atoms with Crippen LogP contribution in [0.5, 0.6) is 5.75 Å². The van der Waals surface area contributed by atoms with Gasteiger partial charge in [0.05, 0.1) is 22.3 Å². The van der Waals surface area contributed by atoms with Gasteiger partial charge in [-0.1, -0.05) is 131 Å². The molecule has 9 nitrogen and oxygen atoms in total. The van der Waals surface area contributed by atoms with Crippen molar-refractivity contribution in [2.75, 3.05) is 23.4 Å². The van der Waals surface area contributed by atoms with Crippen LogP contribution in [0.3, 0.4) is 0 Å². The molecule has 1 amide bonds. The summed E-state index contributed by atoms with van der Waals surface area (Å²) in [6, 6.07) is 15.8. The highest BCUT2D eigenvalue weighted by atomic mass is 35.5. The van der Waals surface area contributed by atoms with Gasteiger partial charge in [-0.3, -0.25) is 19.5 Å². The monoisotopic (exact) mass is 795 g/mol. The molecular formula is C37H48Cl3N5O4S2. The third kappa shape index (κ3) is 12.8. The molecule has 4 N–H and O–H groups in total. The quantitative estimate of drug-likeness (QED) is 0.0591. The summed E-state index contributed by atoms with van der Waals surface area (Å²) in [5.74, 6) is 0.515. The van der Waals surface area contributed by atoms with Gasteiger partial charge < -0.3 is 10.1 Å². The summed E-state index contributed by atoms with van der Waals surface area (Å²) in [4.78, 5) is 19.7. The van der Waals surface area contributed by atoms with Crippen LogP contribution in [0.1, 0.15) is 89.5 Å². The van der Waals surface area contributed by atoms with E-state index in [0.717, 1.165) is 18.4 Å². The number of nitrogens with zero attached hydrogens (tertiary/aromatic N) is 2. The van der Waals surface area contributed by atoms with Gasteiger partial charge in [-0.25, -0.2) is 14.2 Å². The first kappa shape index (κ1) is 41.2. The fourth-order valence-electron chi connectivity index (χ4n) is 5.78. The normalized spacial score (nSPS) is 15.7. The van der Waals surface area contributed by atoms with Crippen LogP contribution >= 0.6 is 46.6 Å². The molecule has 51 heavy (non-hydrogen) atoms. The summed E-state index contributed by atoms with van der Waals surface area (Å²) in [5, 5.41) is 4.22. The van der Waals surface area contributed by atoms with Crippen LogP contribution in [0.4, 0.5) is 17.1 Å². The Morgan fingerprint density at radius 1 is 0.922 bits per heavy atom. The van der Waals surface area contributed by atoms with Crippen LogP contribution in [0.2, 0.25) is 15.1 Å². The summed E-state index contributed by atoms with van der Waals surface area (Å²) in [6.45, 7) is 3.41. The lowest BCUT2D eigenvalue weighted by atomic mass is 10.1. The van der Waals surface area contributed by atoms with Gasteiger partial charge in [0.25, 0.3) is 17.2 Å². The van der Waals surface area contributed by atoms with Gasteiger partial charge in [0.2, 0.25) is 0 Å². The number of hydrazine groups is 1. The van der Waals surface area contributed by atoms with E-state index >= 15 is 0 Å². The van der Waals surface area contributed by atoms with Crippen molar-refractivity contribution in [3.8, 4) is 5.75 Å². The number of benzene rings is 3. The first-order chi connectivity index (χ1) is 24.7. The average molecular weight is 797 g/mol. The van der Waals surface area contributed by atoms with E-state index in [4.69, 9.17) is 44.5 Å². The number of amides is 1. The van der Waals surface area contributed by atoms with E-state index in [1.807, 2.05) is 25.2 Å². The summed E-state index contributed by atoms with van der Waals surface area (Å²) in [7, 11) is 1.87.